The lowest BCUT2D eigenvalue weighted by molar-refractivity contribution is 0.194. The fourth-order valence-corrected chi connectivity index (χ4v) is 2.22. The van der Waals surface area contributed by atoms with Gasteiger partial charge in [-0.2, -0.15) is 0 Å². The summed E-state index contributed by atoms with van der Waals surface area (Å²) in [6.45, 7) is 6.05. The van der Waals surface area contributed by atoms with Gasteiger partial charge in [-0.1, -0.05) is 19.4 Å². The molecule has 1 atom stereocenters. The van der Waals surface area contributed by atoms with Crippen molar-refractivity contribution in [1.29, 1.82) is 0 Å². The monoisotopic (exact) mass is 243 g/mol. The van der Waals surface area contributed by atoms with Gasteiger partial charge in [0.25, 0.3) is 0 Å². The summed E-state index contributed by atoms with van der Waals surface area (Å²) in [5.41, 5.74) is 4.29. The Kier molecular flexibility index (Phi) is 3.97. The van der Waals surface area contributed by atoms with Gasteiger partial charge >= 0.3 is 0 Å². The third-order valence-corrected chi connectivity index (χ3v) is 3.35. The molecule has 0 aliphatic rings. The molecule has 2 aromatic rings. The van der Waals surface area contributed by atoms with Crippen molar-refractivity contribution in [2.45, 2.75) is 46.1 Å². The van der Waals surface area contributed by atoms with Crippen LogP contribution in [0.2, 0.25) is 0 Å². The van der Waals surface area contributed by atoms with Crippen molar-refractivity contribution in [3.63, 3.8) is 0 Å². The number of aryl methyl sites for hydroxylation is 2. The molecule has 2 rings (SSSR count). The minimum Gasteiger partial charge on any atom is -0.387 e. The van der Waals surface area contributed by atoms with E-state index in [1.807, 2.05) is 6.07 Å². The van der Waals surface area contributed by atoms with Crippen LogP contribution in [-0.2, 0) is 6.42 Å². The zero-order chi connectivity index (χ0) is 13.1. The fraction of sp³-hybridized carbons (Fsp3) is 0.438. The lowest BCUT2D eigenvalue weighted by Crippen LogP contribution is -1.98. The van der Waals surface area contributed by atoms with Gasteiger partial charge in [-0.3, -0.25) is 4.98 Å². The topological polar surface area (TPSA) is 33.1 Å². The first-order valence-electron chi connectivity index (χ1n) is 6.70. The summed E-state index contributed by atoms with van der Waals surface area (Å²) in [7, 11) is 0. The van der Waals surface area contributed by atoms with Crippen molar-refractivity contribution in [3.8, 4) is 0 Å². The molecule has 18 heavy (non-hydrogen) atoms. The third-order valence-electron chi connectivity index (χ3n) is 3.35. The molecule has 0 fully saturated rings. The molecule has 0 bridgehead atoms. The Morgan fingerprint density at radius 2 is 2.06 bits per heavy atom. The average Bonchev–Trinajstić information content (AvgIpc) is 2.36. The number of hydrogen-bond acceptors (Lipinski definition) is 2. The van der Waals surface area contributed by atoms with Crippen molar-refractivity contribution >= 4 is 10.9 Å². The maximum Gasteiger partial charge on any atom is 0.0932 e. The minimum absolute atomic E-state index is 0.507. The molecule has 0 amide bonds. The van der Waals surface area contributed by atoms with Crippen molar-refractivity contribution in [2.24, 2.45) is 0 Å². The summed E-state index contributed by atoms with van der Waals surface area (Å²) < 4.78 is 0. The SMILES string of the molecule is CCCCc1ccc2nc(C(C)O)cc(C)c2c1. The average molecular weight is 243 g/mol. The number of pyridine rings is 1. The Labute approximate surface area is 109 Å². The number of aliphatic hydroxyl groups is 1. The van der Waals surface area contributed by atoms with Crippen LogP contribution in [0.15, 0.2) is 24.3 Å². The number of hydrogen-bond donors (Lipinski definition) is 1. The Hall–Kier alpha value is -1.41. The highest BCUT2D eigenvalue weighted by atomic mass is 16.3. The molecular formula is C16H21NO. The number of aliphatic hydroxyl groups excluding tert-OH is 1. The molecule has 2 nitrogen and oxygen atoms in total. The zero-order valence-electron chi connectivity index (χ0n) is 11.4. The molecule has 2 heteroatoms. The molecule has 1 heterocycles. The molecule has 1 aromatic heterocycles. The molecular weight excluding hydrogens is 222 g/mol. The second-order valence-electron chi connectivity index (χ2n) is 5.00. The zero-order valence-corrected chi connectivity index (χ0v) is 11.4. The van der Waals surface area contributed by atoms with Gasteiger partial charge in [-0.15, -0.1) is 0 Å². The third kappa shape index (κ3) is 2.70. The maximum atomic E-state index is 9.62. The van der Waals surface area contributed by atoms with E-state index in [1.54, 1.807) is 6.92 Å². The van der Waals surface area contributed by atoms with Crippen LogP contribution in [0, 0.1) is 6.92 Å². The summed E-state index contributed by atoms with van der Waals surface area (Å²) in [6, 6.07) is 8.44. The summed E-state index contributed by atoms with van der Waals surface area (Å²) in [5, 5.41) is 10.8. The Bertz CT molecular complexity index is 546. The first-order valence-corrected chi connectivity index (χ1v) is 6.70. The Morgan fingerprint density at radius 1 is 1.28 bits per heavy atom. The molecule has 0 aliphatic heterocycles. The smallest absolute Gasteiger partial charge is 0.0932 e. The molecule has 0 saturated heterocycles. The number of rotatable bonds is 4. The van der Waals surface area contributed by atoms with E-state index in [9.17, 15) is 5.11 Å². The predicted molar refractivity (Wildman–Crippen MR) is 75.7 cm³/mol. The van der Waals surface area contributed by atoms with Crippen LogP contribution in [0.5, 0.6) is 0 Å². The van der Waals surface area contributed by atoms with Crippen LogP contribution in [0.25, 0.3) is 10.9 Å². The van der Waals surface area contributed by atoms with E-state index in [0.717, 1.165) is 17.6 Å². The van der Waals surface area contributed by atoms with E-state index >= 15 is 0 Å². The van der Waals surface area contributed by atoms with Gasteiger partial charge in [0.05, 0.1) is 17.3 Å². The van der Waals surface area contributed by atoms with Gasteiger partial charge in [0.1, 0.15) is 0 Å². The molecule has 96 valence electrons. The van der Waals surface area contributed by atoms with Gasteiger partial charge in [-0.25, -0.2) is 0 Å². The molecule has 0 radical (unpaired) electrons. The highest BCUT2D eigenvalue weighted by Gasteiger charge is 2.07. The minimum atomic E-state index is -0.507. The van der Waals surface area contributed by atoms with E-state index in [-0.39, 0.29) is 0 Å². The first kappa shape index (κ1) is 13.0. The van der Waals surface area contributed by atoms with Gasteiger partial charge in [0.2, 0.25) is 0 Å². The van der Waals surface area contributed by atoms with Gasteiger partial charge < -0.3 is 5.11 Å². The summed E-state index contributed by atoms with van der Waals surface area (Å²) in [5.74, 6) is 0. The van der Waals surface area contributed by atoms with Gasteiger partial charge in [0.15, 0.2) is 0 Å². The second-order valence-corrected chi connectivity index (χ2v) is 5.00. The lowest BCUT2D eigenvalue weighted by Gasteiger charge is -2.10. The van der Waals surface area contributed by atoms with Crippen LogP contribution < -0.4 is 0 Å². The molecule has 1 aromatic carbocycles. The largest absolute Gasteiger partial charge is 0.387 e. The van der Waals surface area contributed by atoms with Crippen LogP contribution in [0.1, 0.15) is 49.6 Å². The quantitative estimate of drug-likeness (QED) is 0.882. The Morgan fingerprint density at radius 3 is 2.72 bits per heavy atom. The molecule has 0 spiro atoms. The fourth-order valence-electron chi connectivity index (χ4n) is 2.22. The number of fused-ring (bicyclic) bond motifs is 1. The highest BCUT2D eigenvalue weighted by Crippen LogP contribution is 2.22. The van der Waals surface area contributed by atoms with Gasteiger partial charge in [0, 0.05) is 5.39 Å². The van der Waals surface area contributed by atoms with E-state index < -0.39 is 6.10 Å². The van der Waals surface area contributed by atoms with E-state index in [0.29, 0.717) is 0 Å². The first-order chi connectivity index (χ1) is 8.61. The van der Waals surface area contributed by atoms with Crippen molar-refractivity contribution in [2.75, 3.05) is 0 Å². The maximum absolute atomic E-state index is 9.62. The summed E-state index contributed by atoms with van der Waals surface area (Å²) in [6.07, 6.45) is 3.07. The van der Waals surface area contributed by atoms with Crippen molar-refractivity contribution in [3.05, 3.63) is 41.1 Å². The number of benzene rings is 1. The predicted octanol–water partition coefficient (Wildman–Crippen LogP) is 3.94. The van der Waals surface area contributed by atoms with Gasteiger partial charge in [-0.05, 0) is 56.0 Å². The molecule has 1 unspecified atom stereocenters. The van der Waals surface area contributed by atoms with E-state index in [1.165, 1.54) is 29.4 Å². The lowest BCUT2D eigenvalue weighted by atomic mass is 10.0. The molecule has 0 aliphatic carbocycles. The van der Waals surface area contributed by atoms with Crippen molar-refractivity contribution in [1.82, 2.24) is 4.98 Å². The summed E-state index contributed by atoms with van der Waals surface area (Å²) in [4.78, 5) is 4.51. The second kappa shape index (κ2) is 5.49. The van der Waals surface area contributed by atoms with Crippen LogP contribution in [0.4, 0.5) is 0 Å². The molecule has 0 saturated carbocycles. The van der Waals surface area contributed by atoms with Crippen LogP contribution >= 0.6 is 0 Å². The molecule has 1 N–H and O–H groups in total. The normalized spacial score (nSPS) is 12.9. The van der Waals surface area contributed by atoms with Crippen LogP contribution in [0.3, 0.4) is 0 Å². The van der Waals surface area contributed by atoms with Crippen molar-refractivity contribution < 1.29 is 5.11 Å². The highest BCUT2D eigenvalue weighted by molar-refractivity contribution is 5.83. The van der Waals surface area contributed by atoms with E-state index in [4.69, 9.17) is 0 Å². The number of unbranched alkanes of at least 4 members (excludes halogenated alkanes) is 1. The van der Waals surface area contributed by atoms with Crippen LogP contribution in [-0.4, -0.2) is 10.1 Å². The summed E-state index contributed by atoms with van der Waals surface area (Å²) >= 11 is 0. The van der Waals surface area contributed by atoms with E-state index in [2.05, 4.69) is 37.0 Å². The Balaban J connectivity index is 2.44. The number of aromatic nitrogens is 1. The number of nitrogens with zero attached hydrogens (tertiary/aromatic N) is 1. The standard InChI is InChI=1S/C16H21NO/c1-4-5-6-13-7-8-15-14(10-13)11(2)9-16(17-15)12(3)18/h7-10,12,18H,4-6H2,1-3H3.